The molecule has 0 fully saturated rings. The summed E-state index contributed by atoms with van der Waals surface area (Å²) in [5, 5.41) is 1.33. The number of hydrogen-bond donors (Lipinski definition) is 0. The van der Waals surface area contributed by atoms with Crippen molar-refractivity contribution in [1.29, 1.82) is 0 Å². The van der Waals surface area contributed by atoms with Gasteiger partial charge < -0.3 is 4.57 Å². The number of hydrogen-bond acceptors (Lipinski definition) is 0. The zero-order valence-electron chi connectivity index (χ0n) is 12.9. The molecule has 0 spiro atoms. The molecule has 108 valence electrons. The smallest absolute Gasteiger partial charge is 0.0486 e. The number of para-hydroxylation sites is 1. The minimum absolute atomic E-state index is 0.0934. The summed E-state index contributed by atoms with van der Waals surface area (Å²) in [5.74, 6) is 0. The van der Waals surface area contributed by atoms with Crippen LogP contribution in [0.5, 0.6) is 0 Å². The molecule has 0 atom stereocenters. The minimum atomic E-state index is 0.0934. The summed E-state index contributed by atoms with van der Waals surface area (Å²) in [7, 11) is 2.17. The van der Waals surface area contributed by atoms with E-state index >= 15 is 0 Å². The van der Waals surface area contributed by atoms with Gasteiger partial charge in [0.15, 0.2) is 0 Å². The van der Waals surface area contributed by atoms with Gasteiger partial charge in [0.25, 0.3) is 0 Å². The van der Waals surface area contributed by atoms with Crippen molar-refractivity contribution in [1.82, 2.24) is 4.57 Å². The van der Waals surface area contributed by atoms with Crippen LogP contribution in [0.3, 0.4) is 0 Å². The van der Waals surface area contributed by atoms with Crippen LogP contribution in [0, 0.1) is 0 Å². The summed E-state index contributed by atoms with van der Waals surface area (Å²) < 4.78 is 3.45. The van der Waals surface area contributed by atoms with E-state index in [0.717, 1.165) is 4.47 Å². The van der Waals surface area contributed by atoms with Crippen molar-refractivity contribution in [2.75, 3.05) is 0 Å². The van der Waals surface area contributed by atoms with Gasteiger partial charge in [-0.15, -0.1) is 0 Å². The second kappa shape index (κ2) is 5.03. The number of rotatable bonds is 1. The van der Waals surface area contributed by atoms with Gasteiger partial charge in [0.05, 0.1) is 0 Å². The van der Waals surface area contributed by atoms with Gasteiger partial charge >= 0.3 is 0 Å². The molecular weight excluding hydrogens is 322 g/mol. The number of aryl methyl sites for hydroxylation is 1. The molecule has 0 N–H and O–H groups in total. The van der Waals surface area contributed by atoms with Crippen LogP contribution in [0.1, 0.15) is 26.5 Å². The van der Waals surface area contributed by atoms with E-state index in [9.17, 15) is 0 Å². The average Bonchev–Trinajstić information content (AvgIpc) is 2.74. The number of halogens is 1. The monoisotopic (exact) mass is 341 g/mol. The van der Waals surface area contributed by atoms with Crippen LogP contribution in [0.2, 0.25) is 0 Å². The predicted molar refractivity (Wildman–Crippen MR) is 94.8 cm³/mol. The molecule has 0 radical (unpaired) electrons. The van der Waals surface area contributed by atoms with Crippen molar-refractivity contribution in [3.63, 3.8) is 0 Å². The Kier molecular flexibility index (Phi) is 3.45. The van der Waals surface area contributed by atoms with E-state index in [-0.39, 0.29) is 5.41 Å². The Balaban J connectivity index is 2.42. The fourth-order valence-corrected chi connectivity index (χ4v) is 3.44. The Labute approximate surface area is 134 Å². The molecule has 0 aliphatic rings. The maximum absolute atomic E-state index is 3.53. The third-order valence-electron chi connectivity index (χ3n) is 3.95. The Morgan fingerprint density at radius 3 is 2.14 bits per heavy atom. The van der Waals surface area contributed by atoms with Gasteiger partial charge in [-0.1, -0.05) is 67.0 Å². The summed E-state index contributed by atoms with van der Waals surface area (Å²) in [5.41, 5.74) is 5.40. The fourth-order valence-electron chi connectivity index (χ4n) is 3.18. The second-order valence-electron chi connectivity index (χ2n) is 6.56. The summed E-state index contributed by atoms with van der Waals surface area (Å²) in [6, 6.07) is 17.3. The first-order valence-corrected chi connectivity index (χ1v) is 8.03. The molecule has 21 heavy (non-hydrogen) atoms. The Bertz CT molecular complexity index is 789. The van der Waals surface area contributed by atoms with Crippen molar-refractivity contribution in [2.24, 2.45) is 7.05 Å². The summed E-state index contributed by atoms with van der Waals surface area (Å²) in [4.78, 5) is 0. The van der Waals surface area contributed by atoms with Crippen LogP contribution in [0.4, 0.5) is 0 Å². The third-order valence-corrected chi connectivity index (χ3v) is 4.48. The zero-order valence-corrected chi connectivity index (χ0v) is 14.5. The first-order chi connectivity index (χ1) is 9.89. The minimum Gasteiger partial charge on any atom is -0.347 e. The molecule has 0 unspecified atom stereocenters. The van der Waals surface area contributed by atoms with E-state index in [4.69, 9.17) is 0 Å². The highest BCUT2D eigenvalue weighted by Crippen LogP contribution is 2.40. The van der Waals surface area contributed by atoms with E-state index < -0.39 is 0 Å². The number of benzene rings is 2. The van der Waals surface area contributed by atoms with Crippen LogP contribution in [0.15, 0.2) is 53.0 Å². The van der Waals surface area contributed by atoms with Gasteiger partial charge in [-0.3, -0.25) is 0 Å². The largest absolute Gasteiger partial charge is 0.347 e. The number of nitrogens with zero attached hydrogens (tertiary/aromatic N) is 1. The maximum Gasteiger partial charge on any atom is 0.0486 e. The van der Waals surface area contributed by atoms with Crippen molar-refractivity contribution in [3.8, 4) is 11.1 Å². The molecule has 1 heterocycles. The van der Waals surface area contributed by atoms with Gasteiger partial charge in [0.1, 0.15) is 0 Å². The standard InChI is InChI=1S/C19H20BrN/c1-19(2,3)18-17(13-9-11-14(20)12-10-13)15-7-5-6-8-16(15)21(18)4/h5-12H,1-4H3. The first kappa shape index (κ1) is 14.4. The van der Waals surface area contributed by atoms with Crippen LogP contribution in [-0.2, 0) is 12.5 Å². The highest BCUT2D eigenvalue weighted by atomic mass is 79.9. The molecule has 1 nitrogen and oxygen atoms in total. The average molecular weight is 342 g/mol. The van der Waals surface area contributed by atoms with Crippen molar-refractivity contribution in [3.05, 3.63) is 58.7 Å². The zero-order chi connectivity index (χ0) is 15.2. The van der Waals surface area contributed by atoms with Crippen molar-refractivity contribution in [2.45, 2.75) is 26.2 Å². The molecule has 0 aliphatic carbocycles. The van der Waals surface area contributed by atoms with Gasteiger partial charge in [-0.2, -0.15) is 0 Å². The molecule has 0 amide bonds. The molecule has 0 saturated carbocycles. The van der Waals surface area contributed by atoms with Gasteiger partial charge in [0, 0.05) is 39.1 Å². The molecule has 0 bridgehead atoms. The number of fused-ring (bicyclic) bond motifs is 1. The van der Waals surface area contributed by atoms with E-state index in [0.29, 0.717) is 0 Å². The summed E-state index contributed by atoms with van der Waals surface area (Å²) >= 11 is 3.53. The van der Waals surface area contributed by atoms with E-state index in [2.05, 4.69) is 96.8 Å². The fraction of sp³-hybridized carbons (Fsp3) is 0.263. The van der Waals surface area contributed by atoms with Crippen LogP contribution >= 0.6 is 15.9 Å². The van der Waals surface area contributed by atoms with E-state index in [1.807, 2.05) is 0 Å². The molecule has 0 aliphatic heterocycles. The lowest BCUT2D eigenvalue weighted by Crippen LogP contribution is -2.17. The SMILES string of the molecule is Cn1c(C(C)(C)C)c(-c2ccc(Br)cc2)c2ccccc21. The molecule has 2 heteroatoms. The lowest BCUT2D eigenvalue weighted by molar-refractivity contribution is 0.549. The normalized spacial score (nSPS) is 12.0. The first-order valence-electron chi connectivity index (χ1n) is 7.23. The van der Waals surface area contributed by atoms with Gasteiger partial charge in [0.2, 0.25) is 0 Å². The predicted octanol–water partition coefficient (Wildman–Crippen LogP) is 5.91. The molecule has 1 aromatic heterocycles. The third kappa shape index (κ3) is 2.42. The maximum atomic E-state index is 3.53. The molecule has 2 aromatic carbocycles. The van der Waals surface area contributed by atoms with E-state index in [1.54, 1.807) is 0 Å². The van der Waals surface area contributed by atoms with Crippen molar-refractivity contribution >= 4 is 26.8 Å². The lowest BCUT2D eigenvalue weighted by atomic mass is 9.86. The van der Waals surface area contributed by atoms with Gasteiger partial charge in [-0.05, 0) is 23.8 Å². The highest BCUT2D eigenvalue weighted by molar-refractivity contribution is 9.10. The second-order valence-corrected chi connectivity index (χ2v) is 7.47. The van der Waals surface area contributed by atoms with Crippen LogP contribution in [0.25, 0.3) is 22.0 Å². The molecule has 3 aromatic rings. The quantitative estimate of drug-likeness (QED) is 0.518. The highest BCUT2D eigenvalue weighted by Gasteiger charge is 2.25. The van der Waals surface area contributed by atoms with E-state index in [1.165, 1.54) is 27.7 Å². The Morgan fingerprint density at radius 1 is 0.905 bits per heavy atom. The topological polar surface area (TPSA) is 4.93 Å². The summed E-state index contributed by atoms with van der Waals surface area (Å²) in [6.45, 7) is 6.84. The molecule has 3 rings (SSSR count). The van der Waals surface area contributed by atoms with Crippen LogP contribution < -0.4 is 0 Å². The Hall–Kier alpha value is -1.54. The summed E-state index contributed by atoms with van der Waals surface area (Å²) in [6.07, 6.45) is 0. The molecule has 0 saturated heterocycles. The number of aromatic nitrogens is 1. The molecular formula is C19H20BrN. The van der Waals surface area contributed by atoms with Crippen LogP contribution in [-0.4, -0.2) is 4.57 Å². The van der Waals surface area contributed by atoms with Gasteiger partial charge in [-0.25, -0.2) is 0 Å². The lowest BCUT2D eigenvalue weighted by Gasteiger charge is -2.22. The Morgan fingerprint density at radius 2 is 1.52 bits per heavy atom. The van der Waals surface area contributed by atoms with Crippen molar-refractivity contribution < 1.29 is 0 Å².